The molecule has 4 rings (SSSR count). The molecule has 0 spiro atoms. The van der Waals surface area contributed by atoms with Gasteiger partial charge in [0.1, 0.15) is 12.4 Å². The lowest BCUT2D eigenvalue weighted by molar-refractivity contribution is -0.385. The summed E-state index contributed by atoms with van der Waals surface area (Å²) < 4.78 is 11.1. The summed E-state index contributed by atoms with van der Waals surface area (Å²) in [5.41, 5.74) is 3.36. The SMILES string of the molecule is COc1ccc2ncc(OCCN3CCC(NCc4ccc(C)c([N+](=O)[O-])c4)CC3)nc2c1. The molecule has 33 heavy (non-hydrogen) atoms. The van der Waals surface area contributed by atoms with Gasteiger partial charge in [0, 0.05) is 36.8 Å². The van der Waals surface area contributed by atoms with E-state index in [1.54, 1.807) is 26.3 Å². The Morgan fingerprint density at radius 3 is 2.76 bits per heavy atom. The molecule has 0 bridgehead atoms. The first-order valence-electron chi connectivity index (χ1n) is 11.1. The molecule has 0 unspecified atom stereocenters. The molecule has 0 aliphatic carbocycles. The standard InChI is InChI=1S/C24H29N5O4/c1-17-3-4-18(13-23(17)29(30)31)15-25-19-7-9-28(10-8-19)11-12-33-24-16-26-21-6-5-20(32-2)14-22(21)27-24/h3-6,13-14,16,19,25H,7-12,15H2,1-2H3. The lowest BCUT2D eigenvalue weighted by Crippen LogP contribution is -2.43. The van der Waals surface area contributed by atoms with Crippen LogP contribution < -0.4 is 14.8 Å². The topological polar surface area (TPSA) is 103 Å². The van der Waals surface area contributed by atoms with Crippen LogP contribution >= 0.6 is 0 Å². The third-order valence-electron chi connectivity index (χ3n) is 6.04. The van der Waals surface area contributed by atoms with E-state index in [1.165, 1.54) is 0 Å². The Balaban J connectivity index is 1.20. The Hall–Kier alpha value is -3.30. The summed E-state index contributed by atoms with van der Waals surface area (Å²) >= 11 is 0. The smallest absolute Gasteiger partial charge is 0.272 e. The highest BCUT2D eigenvalue weighted by molar-refractivity contribution is 5.76. The number of ether oxygens (including phenoxy) is 2. The number of hydrogen-bond acceptors (Lipinski definition) is 8. The van der Waals surface area contributed by atoms with Crippen molar-refractivity contribution in [2.75, 3.05) is 33.4 Å². The second kappa shape index (κ2) is 10.5. The van der Waals surface area contributed by atoms with E-state index in [1.807, 2.05) is 30.3 Å². The maximum Gasteiger partial charge on any atom is 0.272 e. The first-order chi connectivity index (χ1) is 16.0. The molecule has 0 saturated carbocycles. The Labute approximate surface area is 192 Å². The molecule has 0 radical (unpaired) electrons. The first kappa shape index (κ1) is 22.9. The summed E-state index contributed by atoms with van der Waals surface area (Å²) in [6, 6.07) is 11.4. The average Bonchev–Trinajstić information content (AvgIpc) is 2.83. The Morgan fingerprint density at radius 2 is 2.00 bits per heavy atom. The summed E-state index contributed by atoms with van der Waals surface area (Å²) in [7, 11) is 1.63. The largest absolute Gasteiger partial charge is 0.497 e. The molecule has 0 amide bonds. The number of piperidine rings is 1. The maximum absolute atomic E-state index is 11.1. The number of nitro groups is 1. The molecule has 3 aromatic rings. The van der Waals surface area contributed by atoms with Gasteiger partial charge in [0.05, 0.1) is 29.3 Å². The average molecular weight is 452 g/mol. The number of methoxy groups -OCH3 is 1. The van der Waals surface area contributed by atoms with Gasteiger partial charge in [0.25, 0.3) is 5.69 Å². The van der Waals surface area contributed by atoms with Crippen LogP contribution in [0, 0.1) is 17.0 Å². The first-order valence-corrected chi connectivity index (χ1v) is 11.1. The maximum atomic E-state index is 11.1. The van der Waals surface area contributed by atoms with E-state index >= 15 is 0 Å². The van der Waals surface area contributed by atoms with Crippen LogP contribution in [0.5, 0.6) is 11.6 Å². The van der Waals surface area contributed by atoms with E-state index in [2.05, 4.69) is 20.2 Å². The zero-order chi connectivity index (χ0) is 23.2. The third kappa shape index (κ3) is 5.94. The Bertz CT molecular complexity index is 1120. The van der Waals surface area contributed by atoms with E-state index in [-0.39, 0.29) is 10.6 Å². The summed E-state index contributed by atoms with van der Waals surface area (Å²) in [5, 5.41) is 14.7. The number of nitrogens with one attached hydrogen (secondary N) is 1. The number of aromatic nitrogens is 2. The van der Waals surface area contributed by atoms with Crippen molar-refractivity contribution < 1.29 is 14.4 Å². The molecule has 9 nitrogen and oxygen atoms in total. The highest BCUT2D eigenvalue weighted by Crippen LogP contribution is 2.21. The van der Waals surface area contributed by atoms with Crippen molar-refractivity contribution in [2.24, 2.45) is 0 Å². The number of aryl methyl sites for hydroxylation is 1. The predicted molar refractivity (Wildman–Crippen MR) is 126 cm³/mol. The number of hydrogen-bond donors (Lipinski definition) is 1. The van der Waals surface area contributed by atoms with Crippen LogP contribution in [0.3, 0.4) is 0 Å². The summed E-state index contributed by atoms with van der Waals surface area (Å²) in [4.78, 5) is 22.1. The number of fused-ring (bicyclic) bond motifs is 1. The van der Waals surface area contributed by atoms with Gasteiger partial charge in [0.15, 0.2) is 0 Å². The van der Waals surface area contributed by atoms with Crippen molar-refractivity contribution in [1.82, 2.24) is 20.2 Å². The van der Waals surface area contributed by atoms with Gasteiger partial charge in [0.2, 0.25) is 5.88 Å². The van der Waals surface area contributed by atoms with Gasteiger partial charge in [-0.15, -0.1) is 0 Å². The van der Waals surface area contributed by atoms with Crippen LogP contribution in [0.1, 0.15) is 24.0 Å². The molecule has 1 fully saturated rings. The Kier molecular flexibility index (Phi) is 7.31. The molecule has 1 N–H and O–H groups in total. The minimum Gasteiger partial charge on any atom is -0.497 e. The van der Waals surface area contributed by atoms with Gasteiger partial charge < -0.3 is 14.8 Å². The fraction of sp³-hybridized carbons (Fsp3) is 0.417. The molecular weight excluding hydrogens is 422 g/mol. The summed E-state index contributed by atoms with van der Waals surface area (Å²) in [5.74, 6) is 1.26. The van der Waals surface area contributed by atoms with Crippen LogP contribution in [-0.4, -0.2) is 59.2 Å². The van der Waals surface area contributed by atoms with Crippen LogP contribution in [0.2, 0.25) is 0 Å². The van der Waals surface area contributed by atoms with Crippen LogP contribution in [-0.2, 0) is 6.54 Å². The van der Waals surface area contributed by atoms with Crippen LogP contribution in [0.4, 0.5) is 5.69 Å². The number of likely N-dealkylation sites (tertiary alicyclic amines) is 1. The van der Waals surface area contributed by atoms with Crippen LogP contribution in [0.25, 0.3) is 11.0 Å². The van der Waals surface area contributed by atoms with Crippen molar-refractivity contribution in [3.63, 3.8) is 0 Å². The van der Waals surface area contributed by atoms with Gasteiger partial charge in [-0.1, -0.05) is 12.1 Å². The molecule has 0 atom stereocenters. The quantitative estimate of drug-likeness (QED) is 0.390. The van der Waals surface area contributed by atoms with Crippen molar-refractivity contribution in [1.29, 1.82) is 0 Å². The number of nitrogens with zero attached hydrogens (tertiary/aromatic N) is 4. The van der Waals surface area contributed by atoms with E-state index in [9.17, 15) is 10.1 Å². The normalized spacial score (nSPS) is 15.0. The van der Waals surface area contributed by atoms with Gasteiger partial charge in [-0.25, -0.2) is 9.97 Å². The van der Waals surface area contributed by atoms with E-state index in [4.69, 9.17) is 9.47 Å². The highest BCUT2D eigenvalue weighted by Gasteiger charge is 2.19. The van der Waals surface area contributed by atoms with Gasteiger partial charge in [-0.2, -0.15) is 0 Å². The van der Waals surface area contributed by atoms with Crippen molar-refractivity contribution in [3.05, 3.63) is 63.8 Å². The van der Waals surface area contributed by atoms with E-state index in [0.717, 1.165) is 54.8 Å². The molecule has 1 aliphatic rings. The fourth-order valence-corrected chi connectivity index (χ4v) is 4.03. The fourth-order valence-electron chi connectivity index (χ4n) is 4.03. The molecule has 2 aromatic carbocycles. The minimum atomic E-state index is -0.320. The molecule has 174 valence electrons. The predicted octanol–water partition coefficient (Wildman–Crippen LogP) is 3.49. The third-order valence-corrected chi connectivity index (χ3v) is 6.04. The van der Waals surface area contributed by atoms with E-state index in [0.29, 0.717) is 30.6 Å². The zero-order valence-electron chi connectivity index (χ0n) is 19.0. The lowest BCUT2D eigenvalue weighted by Gasteiger charge is -2.32. The molecule has 2 heterocycles. The minimum absolute atomic E-state index is 0.180. The number of rotatable bonds is 9. The molecule has 1 aliphatic heterocycles. The van der Waals surface area contributed by atoms with Crippen LogP contribution in [0.15, 0.2) is 42.6 Å². The second-order valence-corrected chi connectivity index (χ2v) is 8.29. The summed E-state index contributed by atoms with van der Waals surface area (Å²) in [6.07, 6.45) is 3.72. The molecule has 9 heteroatoms. The highest BCUT2D eigenvalue weighted by atomic mass is 16.6. The zero-order valence-corrected chi connectivity index (χ0v) is 19.0. The molecule has 1 saturated heterocycles. The lowest BCUT2D eigenvalue weighted by atomic mass is 10.0. The van der Waals surface area contributed by atoms with Gasteiger partial charge in [-0.05, 0) is 50.6 Å². The van der Waals surface area contributed by atoms with Crippen molar-refractivity contribution in [3.8, 4) is 11.6 Å². The van der Waals surface area contributed by atoms with Gasteiger partial charge in [-0.3, -0.25) is 15.0 Å². The molecule has 1 aromatic heterocycles. The monoisotopic (exact) mass is 451 g/mol. The van der Waals surface area contributed by atoms with Crippen molar-refractivity contribution in [2.45, 2.75) is 32.4 Å². The van der Waals surface area contributed by atoms with Gasteiger partial charge >= 0.3 is 0 Å². The Morgan fingerprint density at radius 1 is 1.18 bits per heavy atom. The number of nitro benzene ring substituents is 1. The van der Waals surface area contributed by atoms with E-state index < -0.39 is 0 Å². The van der Waals surface area contributed by atoms with Crippen molar-refractivity contribution >= 4 is 16.7 Å². The molecular formula is C24H29N5O4. The number of benzene rings is 2. The second-order valence-electron chi connectivity index (χ2n) is 8.29. The summed E-state index contributed by atoms with van der Waals surface area (Å²) in [6.45, 7) is 5.74.